The van der Waals surface area contributed by atoms with Gasteiger partial charge in [-0.3, -0.25) is 19.4 Å². The van der Waals surface area contributed by atoms with Gasteiger partial charge in [-0.1, -0.05) is 36.4 Å². The Morgan fingerprint density at radius 3 is 2.45 bits per heavy atom. The lowest BCUT2D eigenvalue weighted by Crippen LogP contribution is -2.38. The predicted octanol–water partition coefficient (Wildman–Crippen LogP) is 3.18. The molecule has 0 aliphatic rings. The summed E-state index contributed by atoms with van der Waals surface area (Å²) in [5.41, 5.74) is 2.64. The predicted molar refractivity (Wildman–Crippen MR) is 120 cm³/mol. The van der Waals surface area contributed by atoms with E-state index in [4.69, 9.17) is 10.4 Å². The van der Waals surface area contributed by atoms with Crippen molar-refractivity contribution >= 4 is 22.6 Å². The Morgan fingerprint density at radius 2 is 1.77 bits per heavy atom. The highest BCUT2D eigenvalue weighted by Gasteiger charge is 2.21. The highest BCUT2D eigenvalue weighted by atomic mass is 16.1. The first-order valence-corrected chi connectivity index (χ1v) is 10.3. The Kier molecular flexibility index (Phi) is 5.19. The molecule has 3 aromatic heterocycles. The molecule has 0 spiro atoms. The molecule has 0 bridgehead atoms. The summed E-state index contributed by atoms with van der Waals surface area (Å²) in [6.07, 6.45) is 1.67. The van der Waals surface area contributed by atoms with Gasteiger partial charge in [0.25, 0.3) is 11.5 Å². The van der Waals surface area contributed by atoms with Gasteiger partial charge in [0.1, 0.15) is 16.8 Å². The van der Waals surface area contributed by atoms with Gasteiger partial charge in [0, 0.05) is 12.2 Å². The summed E-state index contributed by atoms with van der Waals surface area (Å²) in [4.78, 5) is 31.0. The topological polar surface area (TPSA) is 92.3 Å². The van der Waals surface area contributed by atoms with Gasteiger partial charge in [-0.25, -0.2) is 4.98 Å². The zero-order valence-electron chi connectivity index (χ0n) is 18.0. The van der Waals surface area contributed by atoms with E-state index in [-0.39, 0.29) is 34.6 Å². The number of aryl methyl sites for hydroxylation is 1. The van der Waals surface area contributed by atoms with Crippen LogP contribution in [0, 0.1) is 12.3 Å². The van der Waals surface area contributed by atoms with E-state index in [0.717, 1.165) is 11.1 Å². The normalized spacial score (nSPS) is 12.4. The van der Waals surface area contributed by atoms with Gasteiger partial charge in [0.05, 0.1) is 17.0 Å². The first-order valence-electron chi connectivity index (χ1n) is 10.3. The molecule has 0 radical (unpaired) electrons. The van der Waals surface area contributed by atoms with Crippen LogP contribution in [0.5, 0.6) is 0 Å². The highest BCUT2D eigenvalue weighted by Crippen LogP contribution is 2.21. The summed E-state index contributed by atoms with van der Waals surface area (Å²) >= 11 is 0. The van der Waals surface area contributed by atoms with Crippen molar-refractivity contribution in [3.8, 4) is 0 Å². The number of carbonyl (C=O) groups excluding carboxylic acids is 1. The van der Waals surface area contributed by atoms with Gasteiger partial charge >= 0.3 is 0 Å². The summed E-state index contributed by atoms with van der Waals surface area (Å²) in [6.45, 7) is 7.55. The van der Waals surface area contributed by atoms with Gasteiger partial charge in [-0.15, -0.1) is 0 Å². The SMILES string of the molecule is Cc1cccn2c(=O)c3cc(C(=O)NC(C)C)c(=N)n(C(C)c4ccccc4)c3nc12. The molecule has 0 aliphatic heterocycles. The van der Waals surface area contributed by atoms with Crippen molar-refractivity contribution in [1.29, 1.82) is 5.41 Å². The molecule has 0 saturated heterocycles. The number of rotatable bonds is 4. The standard InChI is InChI=1S/C24H25N5O2/c1-14(2)26-23(30)18-13-19-22(27-21-15(3)9-8-12-28(21)24(19)31)29(20(18)25)16(4)17-10-6-5-7-11-17/h5-14,16,25H,1-4H3,(H,26,30). The molecule has 31 heavy (non-hydrogen) atoms. The number of benzene rings is 1. The van der Waals surface area contributed by atoms with Crippen LogP contribution >= 0.6 is 0 Å². The van der Waals surface area contributed by atoms with E-state index in [1.165, 1.54) is 10.5 Å². The number of nitrogens with one attached hydrogen (secondary N) is 2. The molecule has 1 amide bonds. The van der Waals surface area contributed by atoms with E-state index in [2.05, 4.69) is 5.32 Å². The molecule has 3 heterocycles. The van der Waals surface area contributed by atoms with E-state index >= 15 is 0 Å². The molecule has 7 heteroatoms. The maximum atomic E-state index is 13.4. The third-order valence-electron chi connectivity index (χ3n) is 5.41. The van der Waals surface area contributed by atoms with Crippen molar-refractivity contribution in [2.24, 2.45) is 0 Å². The fourth-order valence-electron chi connectivity index (χ4n) is 3.83. The molecule has 0 saturated carbocycles. The summed E-state index contributed by atoms with van der Waals surface area (Å²) in [6, 6.07) is 14.5. The van der Waals surface area contributed by atoms with Crippen molar-refractivity contribution in [1.82, 2.24) is 19.3 Å². The summed E-state index contributed by atoms with van der Waals surface area (Å²) in [5.74, 6) is -0.385. The second kappa shape index (κ2) is 7.83. The molecule has 1 unspecified atom stereocenters. The van der Waals surface area contributed by atoms with Gasteiger partial charge in [0.15, 0.2) is 0 Å². The fraction of sp³-hybridized carbons (Fsp3) is 0.250. The Labute approximate surface area is 179 Å². The minimum absolute atomic E-state index is 0.0202. The summed E-state index contributed by atoms with van der Waals surface area (Å²) < 4.78 is 3.16. The highest BCUT2D eigenvalue weighted by molar-refractivity contribution is 5.97. The molecule has 7 nitrogen and oxygen atoms in total. The quantitative estimate of drug-likeness (QED) is 0.502. The van der Waals surface area contributed by atoms with E-state index < -0.39 is 0 Å². The Balaban J connectivity index is 2.14. The van der Waals surface area contributed by atoms with Crippen molar-refractivity contribution in [2.45, 2.75) is 39.8 Å². The summed E-state index contributed by atoms with van der Waals surface area (Å²) in [5, 5.41) is 12.0. The molecule has 0 aliphatic carbocycles. The number of hydrogen-bond donors (Lipinski definition) is 2. The average Bonchev–Trinajstić information content (AvgIpc) is 2.74. The largest absolute Gasteiger partial charge is 0.350 e. The van der Waals surface area contributed by atoms with Crippen molar-refractivity contribution in [2.75, 3.05) is 0 Å². The van der Waals surface area contributed by atoms with Gasteiger partial charge < -0.3 is 9.88 Å². The monoisotopic (exact) mass is 415 g/mol. The van der Waals surface area contributed by atoms with Crippen LogP contribution < -0.4 is 16.4 Å². The van der Waals surface area contributed by atoms with Crippen LogP contribution in [0.15, 0.2) is 59.5 Å². The first-order chi connectivity index (χ1) is 14.8. The zero-order chi connectivity index (χ0) is 22.3. The van der Waals surface area contributed by atoms with E-state index in [1.807, 2.05) is 64.1 Å². The van der Waals surface area contributed by atoms with Gasteiger partial charge in [0.2, 0.25) is 0 Å². The molecule has 4 aromatic rings. The number of carbonyl (C=O) groups is 1. The van der Waals surface area contributed by atoms with Crippen LogP contribution in [0.25, 0.3) is 16.7 Å². The lowest BCUT2D eigenvalue weighted by molar-refractivity contribution is 0.0940. The third-order valence-corrected chi connectivity index (χ3v) is 5.41. The maximum Gasteiger partial charge on any atom is 0.267 e. The lowest BCUT2D eigenvalue weighted by atomic mass is 10.1. The molecule has 2 N–H and O–H groups in total. The van der Waals surface area contributed by atoms with Crippen molar-refractivity contribution < 1.29 is 4.79 Å². The number of amides is 1. The average molecular weight is 415 g/mol. The van der Waals surface area contributed by atoms with Crippen LogP contribution in [0.2, 0.25) is 0 Å². The Hall–Kier alpha value is -3.74. The van der Waals surface area contributed by atoms with E-state index in [9.17, 15) is 9.59 Å². The number of hydrogen-bond acceptors (Lipinski definition) is 4. The Morgan fingerprint density at radius 1 is 1.06 bits per heavy atom. The molecule has 1 aromatic carbocycles. The minimum atomic E-state index is -0.385. The second-order valence-electron chi connectivity index (χ2n) is 8.03. The number of aromatic nitrogens is 3. The molecule has 4 rings (SSSR count). The molecule has 0 fully saturated rings. The second-order valence-corrected chi connectivity index (χ2v) is 8.03. The van der Waals surface area contributed by atoms with Crippen LogP contribution in [0.3, 0.4) is 0 Å². The van der Waals surface area contributed by atoms with Crippen LogP contribution in [-0.4, -0.2) is 25.9 Å². The zero-order valence-corrected chi connectivity index (χ0v) is 18.0. The van der Waals surface area contributed by atoms with Crippen LogP contribution in [0.4, 0.5) is 0 Å². The third kappa shape index (κ3) is 3.52. The number of fused-ring (bicyclic) bond motifs is 2. The van der Waals surface area contributed by atoms with Gasteiger partial charge in [-0.05, 0) is 51.0 Å². The molecule has 1 atom stereocenters. The van der Waals surface area contributed by atoms with Crippen LogP contribution in [-0.2, 0) is 0 Å². The molecule has 158 valence electrons. The van der Waals surface area contributed by atoms with Gasteiger partial charge in [-0.2, -0.15) is 0 Å². The smallest absolute Gasteiger partial charge is 0.267 e. The maximum absolute atomic E-state index is 13.4. The lowest BCUT2D eigenvalue weighted by Gasteiger charge is -2.21. The van der Waals surface area contributed by atoms with Crippen molar-refractivity contribution in [3.63, 3.8) is 0 Å². The molecular formula is C24H25N5O2. The van der Waals surface area contributed by atoms with Crippen molar-refractivity contribution in [3.05, 3.63) is 87.3 Å². The Bertz CT molecular complexity index is 1420. The summed E-state index contributed by atoms with van der Waals surface area (Å²) in [7, 11) is 0. The van der Waals surface area contributed by atoms with E-state index in [0.29, 0.717) is 16.7 Å². The van der Waals surface area contributed by atoms with E-state index in [1.54, 1.807) is 16.8 Å². The number of nitrogens with zero attached hydrogens (tertiary/aromatic N) is 3. The van der Waals surface area contributed by atoms with Crippen LogP contribution in [0.1, 0.15) is 48.3 Å². The minimum Gasteiger partial charge on any atom is -0.350 e. The molecular weight excluding hydrogens is 390 g/mol. The fourth-order valence-corrected chi connectivity index (χ4v) is 3.83. The number of pyridine rings is 2. The first kappa shape index (κ1) is 20.5.